The van der Waals surface area contributed by atoms with Crippen LogP contribution in [0.4, 0.5) is 0 Å². The lowest BCUT2D eigenvalue weighted by Gasteiger charge is -2.05. The second-order valence-electron chi connectivity index (χ2n) is 3.28. The quantitative estimate of drug-likeness (QED) is 0.827. The first kappa shape index (κ1) is 12.3. The first-order chi connectivity index (χ1) is 8.02. The van der Waals surface area contributed by atoms with Crippen LogP contribution in [0.1, 0.15) is 10.4 Å². The zero-order chi connectivity index (χ0) is 12.6. The predicted molar refractivity (Wildman–Crippen MR) is 70.0 cm³/mol. The van der Waals surface area contributed by atoms with Crippen molar-refractivity contribution in [2.24, 2.45) is 0 Å². The highest BCUT2D eigenvalue weighted by molar-refractivity contribution is 14.2. The standard InChI is InChI=1S/C11H6ClIO4/c12-9-3-1-2-7-6(9)4-5-8(11(14)15)10(7)13(16)17/h1-5H,(H,14,15). The Bertz CT molecular complexity index is 683. The van der Waals surface area contributed by atoms with Crippen molar-refractivity contribution < 1.29 is 16.0 Å². The van der Waals surface area contributed by atoms with Crippen molar-refractivity contribution in [3.63, 3.8) is 0 Å². The van der Waals surface area contributed by atoms with E-state index in [2.05, 4.69) is 0 Å². The maximum Gasteiger partial charge on any atom is 0.342 e. The highest BCUT2D eigenvalue weighted by Crippen LogP contribution is 2.33. The molecular formula is C11H6ClIO4. The van der Waals surface area contributed by atoms with Crippen LogP contribution < -0.4 is 0 Å². The lowest BCUT2D eigenvalue weighted by molar-refractivity contribution is 0.0696. The number of carboxylic acid groups (broad SMARTS) is 1. The highest BCUT2D eigenvalue weighted by Gasteiger charge is 2.18. The lowest BCUT2D eigenvalue weighted by atomic mass is 10.1. The third-order valence-electron chi connectivity index (χ3n) is 2.33. The van der Waals surface area contributed by atoms with Crippen molar-refractivity contribution in [3.05, 3.63) is 44.5 Å². The van der Waals surface area contributed by atoms with E-state index >= 15 is 0 Å². The van der Waals surface area contributed by atoms with Crippen molar-refractivity contribution in [2.75, 3.05) is 0 Å². The summed E-state index contributed by atoms with van der Waals surface area (Å²) in [5.74, 6) is -1.25. The number of rotatable bonds is 2. The molecule has 88 valence electrons. The molecule has 2 aromatic rings. The fourth-order valence-corrected chi connectivity index (χ4v) is 3.68. The van der Waals surface area contributed by atoms with E-state index in [-0.39, 0.29) is 9.13 Å². The van der Waals surface area contributed by atoms with Gasteiger partial charge in [0.05, 0.1) is 9.13 Å². The Morgan fingerprint density at radius 3 is 2.41 bits per heavy atom. The molecule has 0 unspecified atom stereocenters. The van der Waals surface area contributed by atoms with E-state index in [1.807, 2.05) is 0 Å². The molecule has 0 aliphatic carbocycles. The number of aromatic carboxylic acids is 1. The van der Waals surface area contributed by atoms with Crippen LogP contribution in [0.2, 0.25) is 5.02 Å². The van der Waals surface area contributed by atoms with Crippen LogP contribution in [0.3, 0.4) is 0 Å². The second kappa shape index (κ2) is 4.58. The highest BCUT2D eigenvalue weighted by atomic mass is 127. The van der Waals surface area contributed by atoms with Gasteiger partial charge in [-0.3, -0.25) is 0 Å². The maximum absolute atomic E-state index is 11.3. The molecule has 0 aliphatic rings. The van der Waals surface area contributed by atoms with Crippen LogP contribution in [0.25, 0.3) is 10.8 Å². The molecule has 17 heavy (non-hydrogen) atoms. The molecule has 0 radical (unpaired) electrons. The van der Waals surface area contributed by atoms with Gasteiger partial charge in [-0.05, 0) is 12.1 Å². The molecule has 0 saturated carbocycles. The number of halogens is 2. The molecule has 0 amide bonds. The molecule has 0 atom stereocenters. The molecule has 0 fully saturated rings. The van der Waals surface area contributed by atoms with Crippen LogP contribution in [0.5, 0.6) is 0 Å². The summed E-state index contributed by atoms with van der Waals surface area (Å²) in [6.07, 6.45) is 0. The molecule has 0 spiro atoms. The van der Waals surface area contributed by atoms with Gasteiger partial charge in [0.1, 0.15) is 0 Å². The third kappa shape index (κ3) is 2.12. The molecular weight excluding hydrogens is 358 g/mol. The van der Waals surface area contributed by atoms with Gasteiger partial charge in [0.15, 0.2) is 0 Å². The van der Waals surface area contributed by atoms with Crippen molar-refractivity contribution >= 4 is 48.1 Å². The molecule has 4 nitrogen and oxygen atoms in total. The monoisotopic (exact) mass is 364 g/mol. The summed E-state index contributed by atoms with van der Waals surface area (Å²) in [6, 6.07) is 7.57. The number of fused-ring (bicyclic) bond motifs is 1. The van der Waals surface area contributed by atoms with Gasteiger partial charge < -0.3 is 5.11 Å². The average molecular weight is 365 g/mol. The Balaban J connectivity index is 3.00. The summed E-state index contributed by atoms with van der Waals surface area (Å²) < 4.78 is 22.4. The van der Waals surface area contributed by atoms with E-state index in [0.29, 0.717) is 15.8 Å². The first-order valence-corrected chi connectivity index (χ1v) is 7.74. The van der Waals surface area contributed by atoms with E-state index in [1.54, 1.807) is 18.2 Å². The number of benzene rings is 2. The number of carboxylic acids is 1. The Kier molecular flexibility index (Phi) is 3.30. The van der Waals surface area contributed by atoms with Gasteiger partial charge >= 0.3 is 25.8 Å². The molecule has 0 saturated heterocycles. The Labute approximate surface area is 108 Å². The van der Waals surface area contributed by atoms with Crippen LogP contribution in [-0.4, -0.2) is 11.1 Å². The minimum absolute atomic E-state index is 0.110. The molecule has 2 aromatic carbocycles. The fraction of sp³-hybridized carbons (Fsp3) is 0. The maximum atomic E-state index is 11.3. The number of hydrogen-bond acceptors (Lipinski definition) is 3. The molecule has 2 rings (SSSR count). The Morgan fingerprint density at radius 2 is 1.82 bits per heavy atom. The predicted octanol–water partition coefficient (Wildman–Crippen LogP) is 3.56. The zero-order valence-corrected chi connectivity index (χ0v) is 11.2. The van der Waals surface area contributed by atoms with Gasteiger partial charge in [-0.25, -0.2) is 10.9 Å². The van der Waals surface area contributed by atoms with Gasteiger partial charge in [-0.1, -0.05) is 29.8 Å². The van der Waals surface area contributed by atoms with E-state index in [0.717, 1.165) is 0 Å². The summed E-state index contributed by atoms with van der Waals surface area (Å²) >= 11 is 2.02. The van der Waals surface area contributed by atoms with E-state index in [1.165, 1.54) is 12.1 Å². The molecule has 0 bridgehead atoms. The van der Waals surface area contributed by atoms with Crippen LogP contribution in [-0.2, 0) is 6.14 Å². The molecule has 0 aliphatic heterocycles. The van der Waals surface area contributed by atoms with Crippen molar-refractivity contribution in [3.8, 4) is 0 Å². The Morgan fingerprint density at radius 1 is 1.12 bits per heavy atom. The van der Waals surface area contributed by atoms with Crippen LogP contribution in [0.15, 0.2) is 30.3 Å². The van der Waals surface area contributed by atoms with Crippen molar-refractivity contribution in [2.45, 2.75) is 0 Å². The fourth-order valence-electron chi connectivity index (χ4n) is 1.61. The largest absolute Gasteiger partial charge is 0.478 e. The van der Waals surface area contributed by atoms with Gasteiger partial charge in [-0.2, -0.15) is 0 Å². The molecule has 6 heteroatoms. The number of hydrogen-bond donors (Lipinski definition) is 1. The summed E-state index contributed by atoms with van der Waals surface area (Å²) in [6.45, 7) is 0. The van der Waals surface area contributed by atoms with Gasteiger partial charge in [0, 0.05) is 15.8 Å². The SMILES string of the molecule is O=C(O)c1ccc2c(Cl)cccc2c1I(=O)=O. The first-order valence-electron chi connectivity index (χ1n) is 4.52. The lowest BCUT2D eigenvalue weighted by Crippen LogP contribution is -2.00. The summed E-state index contributed by atoms with van der Waals surface area (Å²) in [7, 11) is 0. The topological polar surface area (TPSA) is 71.4 Å². The zero-order valence-electron chi connectivity index (χ0n) is 8.31. The van der Waals surface area contributed by atoms with Crippen molar-refractivity contribution in [1.82, 2.24) is 0 Å². The average Bonchev–Trinajstić information content (AvgIpc) is 2.27. The molecule has 0 heterocycles. The summed E-state index contributed by atoms with van der Waals surface area (Å²) in [4.78, 5) is 11.0. The van der Waals surface area contributed by atoms with E-state index in [9.17, 15) is 10.9 Å². The normalized spacial score (nSPS) is 10.9. The van der Waals surface area contributed by atoms with E-state index in [4.69, 9.17) is 16.7 Å². The van der Waals surface area contributed by atoms with Crippen LogP contribution >= 0.6 is 31.4 Å². The summed E-state index contributed by atoms with van der Waals surface area (Å²) in [5.41, 5.74) is -0.199. The smallest absolute Gasteiger partial charge is 0.342 e. The Hall–Kier alpha value is -1.21. The van der Waals surface area contributed by atoms with E-state index < -0.39 is 25.8 Å². The van der Waals surface area contributed by atoms with Gasteiger partial charge in [-0.15, -0.1) is 0 Å². The minimum Gasteiger partial charge on any atom is -0.478 e. The van der Waals surface area contributed by atoms with Crippen LogP contribution in [0, 0.1) is 3.57 Å². The molecule has 1 N–H and O–H groups in total. The third-order valence-corrected chi connectivity index (χ3v) is 4.70. The van der Waals surface area contributed by atoms with Crippen molar-refractivity contribution in [1.29, 1.82) is 0 Å². The summed E-state index contributed by atoms with van der Waals surface area (Å²) in [5, 5.41) is 10.3. The number of carbonyl (C=O) groups is 1. The van der Waals surface area contributed by atoms with Gasteiger partial charge in [0.25, 0.3) is 0 Å². The second-order valence-corrected chi connectivity index (χ2v) is 6.01. The van der Waals surface area contributed by atoms with Gasteiger partial charge in [0.2, 0.25) is 0 Å². The molecule has 0 aromatic heterocycles. The minimum atomic E-state index is -3.91.